The molecule has 0 aliphatic rings. The van der Waals surface area contributed by atoms with E-state index < -0.39 is 132 Å². The van der Waals surface area contributed by atoms with E-state index in [1.54, 1.807) is 0 Å². The Hall–Kier alpha value is -3.94. The van der Waals surface area contributed by atoms with E-state index in [0.717, 1.165) is 0 Å². The van der Waals surface area contributed by atoms with Gasteiger partial charge in [0.2, 0.25) is 0 Å². The van der Waals surface area contributed by atoms with E-state index in [1.165, 1.54) is 0 Å². The Balaban J connectivity index is 2.34. The smallest absolute Gasteiger partial charge is 0.422 e. The number of benzene rings is 2. The van der Waals surface area contributed by atoms with Crippen LogP contribution in [-0.4, -0.2) is 25.6 Å². The van der Waals surface area contributed by atoms with Gasteiger partial charge < -0.3 is 14.2 Å². The van der Waals surface area contributed by atoms with Crippen LogP contribution in [0.4, 0.5) is 79.0 Å². The third-order valence-corrected chi connectivity index (χ3v) is 4.94. The lowest BCUT2D eigenvalue weighted by atomic mass is 10.1. The van der Waals surface area contributed by atoms with Crippen LogP contribution in [0.15, 0.2) is 35.8 Å². The van der Waals surface area contributed by atoms with Gasteiger partial charge in [-0.25, -0.2) is 26.3 Å². The van der Waals surface area contributed by atoms with Crippen molar-refractivity contribution in [2.24, 2.45) is 0 Å². The first kappa shape index (κ1) is 37.2. The highest BCUT2D eigenvalue weighted by Crippen LogP contribution is 2.41. The molecule has 0 unspecified atom stereocenters. The Morgan fingerprint density at radius 3 is 1.09 bits per heavy atom. The van der Waals surface area contributed by atoms with Gasteiger partial charge in [-0.3, -0.25) is 0 Å². The fraction of sp³-hybridized carbons (Fsp3) is 0.333. The quantitative estimate of drug-likeness (QED) is 0.141. The zero-order valence-electron chi connectivity index (χ0n) is 21.2. The van der Waals surface area contributed by atoms with E-state index in [1.807, 2.05) is 0 Å². The minimum absolute atomic E-state index is 0.322. The molecule has 0 saturated carbocycles. The third kappa shape index (κ3) is 10.6. The van der Waals surface area contributed by atoms with Gasteiger partial charge in [0.05, 0.1) is 25.4 Å². The van der Waals surface area contributed by atoms with Gasteiger partial charge in [-0.15, -0.1) is 0 Å². The molecule has 2 aromatic carbocycles. The molecule has 2 rings (SSSR count). The van der Waals surface area contributed by atoms with Gasteiger partial charge in [0.1, 0.15) is 34.1 Å². The molecule has 0 amide bonds. The van der Waals surface area contributed by atoms with Crippen molar-refractivity contribution in [1.29, 1.82) is 0 Å². The number of rotatable bonds is 10. The van der Waals surface area contributed by atoms with Crippen LogP contribution in [0.1, 0.15) is 24.0 Å². The molecular weight excluding hydrogens is 678 g/mol. The summed E-state index contributed by atoms with van der Waals surface area (Å²) in [7, 11) is 0. The summed E-state index contributed by atoms with van der Waals surface area (Å²) in [6, 6.07) is -0.643. The van der Waals surface area contributed by atoms with Crippen LogP contribution < -0.4 is 9.47 Å². The standard InChI is InChI=1S/C24H12F18O3/c25-11-5-13(15(23(37,38)39)19(29)17(11)27)43-3-1-9(7-21(31,32)33)45-10(8-22(34,35)36)2-4-44-14-6-12(26)18(28)20(30)16(14)24(40,41)42/h5-8H,1-4H2. The number of alkyl halides is 12. The molecule has 252 valence electrons. The zero-order chi connectivity index (χ0) is 34.7. The Labute approximate surface area is 238 Å². The number of hydrogen-bond donors (Lipinski definition) is 0. The van der Waals surface area contributed by atoms with Crippen molar-refractivity contribution >= 4 is 0 Å². The van der Waals surface area contributed by atoms with Crippen molar-refractivity contribution < 1.29 is 93.2 Å². The molecule has 0 fully saturated rings. The Bertz CT molecular complexity index is 1320. The van der Waals surface area contributed by atoms with Crippen molar-refractivity contribution in [1.82, 2.24) is 0 Å². The molecule has 0 heterocycles. The van der Waals surface area contributed by atoms with E-state index in [9.17, 15) is 79.0 Å². The van der Waals surface area contributed by atoms with Crippen molar-refractivity contribution in [2.75, 3.05) is 13.2 Å². The molecule has 3 nitrogen and oxygen atoms in total. The molecule has 0 aliphatic carbocycles. The molecule has 21 heteroatoms. The fourth-order valence-corrected chi connectivity index (χ4v) is 3.26. The average molecular weight is 690 g/mol. The van der Waals surface area contributed by atoms with Crippen molar-refractivity contribution in [3.63, 3.8) is 0 Å². The topological polar surface area (TPSA) is 27.7 Å². The summed E-state index contributed by atoms with van der Waals surface area (Å²) in [6.45, 7) is -2.87. The lowest BCUT2D eigenvalue weighted by Gasteiger charge is -2.19. The van der Waals surface area contributed by atoms with Gasteiger partial charge >= 0.3 is 24.7 Å². The molecule has 0 N–H and O–H groups in total. The van der Waals surface area contributed by atoms with Crippen LogP contribution in [0.5, 0.6) is 11.5 Å². The Kier molecular flexibility index (Phi) is 11.2. The summed E-state index contributed by atoms with van der Waals surface area (Å²) in [5, 5.41) is 0. The maximum Gasteiger partial charge on any atom is 0.422 e. The molecule has 0 aliphatic heterocycles. The summed E-state index contributed by atoms with van der Waals surface area (Å²) in [6.07, 6.45) is -26.8. The molecule has 2 aromatic rings. The first-order chi connectivity index (χ1) is 20.3. The minimum Gasteiger partial charge on any atom is -0.492 e. The van der Waals surface area contributed by atoms with Gasteiger partial charge in [0, 0.05) is 25.0 Å². The van der Waals surface area contributed by atoms with Gasteiger partial charge in [-0.1, -0.05) is 0 Å². The highest BCUT2D eigenvalue weighted by Gasteiger charge is 2.42. The SMILES string of the molecule is Fc1cc(OCCC(=CC(F)(F)F)OC(=CC(F)(F)F)CCOc2cc(F)c(F)c(F)c2C(F)(F)F)c(C(F)(F)F)c(F)c1F. The van der Waals surface area contributed by atoms with Gasteiger partial charge in [0.15, 0.2) is 34.9 Å². The maximum atomic E-state index is 13.7. The van der Waals surface area contributed by atoms with E-state index in [2.05, 4.69) is 14.2 Å². The average Bonchev–Trinajstić information content (AvgIpc) is 2.82. The van der Waals surface area contributed by atoms with Crippen LogP contribution in [0.25, 0.3) is 0 Å². The summed E-state index contributed by atoms with van der Waals surface area (Å²) in [4.78, 5) is 0. The molecule has 0 bridgehead atoms. The molecule has 45 heavy (non-hydrogen) atoms. The first-order valence-corrected chi connectivity index (χ1v) is 11.3. The molecule has 0 aromatic heterocycles. The zero-order valence-corrected chi connectivity index (χ0v) is 21.2. The van der Waals surface area contributed by atoms with Crippen molar-refractivity contribution in [2.45, 2.75) is 37.5 Å². The molecule has 0 radical (unpaired) electrons. The van der Waals surface area contributed by atoms with Crippen LogP contribution in [-0.2, 0) is 17.1 Å². The van der Waals surface area contributed by atoms with Gasteiger partial charge in [0.25, 0.3) is 0 Å². The molecular formula is C24H12F18O3. The maximum absolute atomic E-state index is 13.7. The lowest BCUT2D eigenvalue weighted by molar-refractivity contribution is -0.142. The lowest BCUT2D eigenvalue weighted by Crippen LogP contribution is -2.16. The predicted octanol–water partition coefficient (Wildman–Crippen LogP) is 9.71. The normalized spacial score (nSPS) is 13.7. The molecule has 0 saturated heterocycles. The van der Waals surface area contributed by atoms with Crippen LogP contribution >= 0.6 is 0 Å². The van der Waals surface area contributed by atoms with Crippen LogP contribution in [0.3, 0.4) is 0 Å². The highest BCUT2D eigenvalue weighted by molar-refractivity contribution is 5.39. The van der Waals surface area contributed by atoms with Crippen LogP contribution in [0.2, 0.25) is 0 Å². The molecule has 0 spiro atoms. The predicted molar refractivity (Wildman–Crippen MR) is 112 cm³/mol. The van der Waals surface area contributed by atoms with E-state index in [0.29, 0.717) is 0 Å². The number of ether oxygens (including phenoxy) is 3. The second kappa shape index (κ2) is 13.6. The Morgan fingerprint density at radius 1 is 0.511 bits per heavy atom. The summed E-state index contributed by atoms with van der Waals surface area (Å²) >= 11 is 0. The third-order valence-electron chi connectivity index (χ3n) is 4.94. The minimum atomic E-state index is -5.74. The summed E-state index contributed by atoms with van der Waals surface area (Å²) in [5.41, 5.74) is -5.05. The fourth-order valence-electron chi connectivity index (χ4n) is 3.26. The van der Waals surface area contributed by atoms with Gasteiger partial charge in [-0.2, -0.15) is 52.7 Å². The number of halogens is 18. The largest absolute Gasteiger partial charge is 0.492 e. The van der Waals surface area contributed by atoms with Gasteiger partial charge in [-0.05, 0) is 0 Å². The highest BCUT2D eigenvalue weighted by atomic mass is 19.4. The first-order valence-electron chi connectivity index (χ1n) is 11.3. The van der Waals surface area contributed by atoms with E-state index in [4.69, 9.17) is 0 Å². The van der Waals surface area contributed by atoms with E-state index >= 15 is 0 Å². The van der Waals surface area contributed by atoms with Crippen molar-refractivity contribution in [3.8, 4) is 11.5 Å². The number of allylic oxidation sites excluding steroid dienone is 2. The van der Waals surface area contributed by atoms with Crippen LogP contribution in [0, 0.1) is 34.9 Å². The second-order valence-corrected chi connectivity index (χ2v) is 8.32. The van der Waals surface area contributed by atoms with Crippen molar-refractivity contribution in [3.05, 3.63) is 81.8 Å². The monoisotopic (exact) mass is 690 g/mol. The van der Waals surface area contributed by atoms with E-state index in [-0.39, 0.29) is 12.1 Å². The summed E-state index contributed by atoms with van der Waals surface area (Å²) < 4.78 is 251. The number of hydrogen-bond acceptors (Lipinski definition) is 3. The molecule has 0 atom stereocenters. The Morgan fingerprint density at radius 2 is 0.822 bits per heavy atom. The summed E-state index contributed by atoms with van der Waals surface area (Å²) in [5.74, 6) is -21.9. The second-order valence-electron chi connectivity index (χ2n) is 8.32.